The monoisotopic (exact) mass is 932 g/mol. The lowest BCUT2D eigenvalue weighted by Gasteiger charge is -2.32. The summed E-state index contributed by atoms with van der Waals surface area (Å²) in [7, 11) is 7.41. The molecule has 6 aromatic rings. The number of nitrogens with one attached hydrogen (secondary N) is 2. The van der Waals surface area contributed by atoms with E-state index in [-0.39, 0.29) is 12.8 Å². The van der Waals surface area contributed by atoms with Crippen molar-refractivity contribution in [3.8, 4) is 23.0 Å². The Morgan fingerprint density at radius 3 is 1.09 bits per heavy atom. The second-order valence-corrected chi connectivity index (χ2v) is 16.3. The molecule has 14 nitrogen and oxygen atoms in total. The molecule has 0 aliphatic rings. The molecular weight excluding hydrogens is 883 g/mol. The number of anilines is 2. The normalized spacial score (nSPS) is 11.8. The number of halogens is 2. The van der Waals surface area contributed by atoms with Crippen LogP contribution < -0.4 is 20.1 Å². The van der Waals surface area contributed by atoms with Crippen LogP contribution in [-0.2, 0) is 19.3 Å². The van der Waals surface area contributed by atoms with Gasteiger partial charge in [0, 0.05) is 21.4 Å². The average Bonchev–Trinajstić information content (AvgIpc) is 3.31. The smallest absolute Gasteiger partial charge is 0.444 e. The quantitative estimate of drug-likeness (QED) is 0.0711. The van der Waals surface area contributed by atoms with Gasteiger partial charge in [-0.3, -0.25) is 0 Å². The predicted octanol–water partition coefficient (Wildman–Crippen LogP) is 11.2. The Bertz CT molecular complexity index is 2320. The molecule has 2 atom stereocenters. The van der Waals surface area contributed by atoms with Gasteiger partial charge >= 0.3 is 24.0 Å². The van der Waals surface area contributed by atoms with Crippen LogP contribution in [0.1, 0.15) is 36.1 Å². The van der Waals surface area contributed by atoms with Gasteiger partial charge in [-0.1, -0.05) is 83.9 Å². The minimum Gasteiger partial charge on any atom is -0.457 e. The Morgan fingerprint density at radius 1 is 0.455 bits per heavy atom. The largest absolute Gasteiger partial charge is 0.457 e. The molecule has 2 N–H and O–H groups in total. The zero-order valence-corrected chi connectivity index (χ0v) is 38.3. The van der Waals surface area contributed by atoms with Gasteiger partial charge in [0.1, 0.15) is 23.0 Å². The van der Waals surface area contributed by atoms with Crippen LogP contribution in [0, 0.1) is 0 Å². The van der Waals surface area contributed by atoms with Gasteiger partial charge in [0.15, 0.2) is 0 Å². The number of nitrogens with zero attached hydrogens (tertiary/aromatic N) is 4. The molecule has 2 unspecified atom stereocenters. The standard InChI is InChI=1S/C50H50Cl2N6O8/c1-55(2)33-31-45(35-15-19-37(51)20-16-35)57(49(61)53-39-23-27-43(28-24-39)63-41-11-7-5-8-12-41)65-47(59)48(60)66-58(46(32-34-56(3)4)36-17-21-38(52)22-18-36)50(62)54-40-25-29-44(30-26-40)64-42-13-9-6-10-14-42/h5-30,45-46H,31-34H2,1-4H3,(H,53,61)(H,54,62). The second-order valence-electron chi connectivity index (χ2n) is 15.5. The molecule has 66 heavy (non-hydrogen) atoms. The molecule has 0 bridgehead atoms. The molecule has 0 saturated carbocycles. The summed E-state index contributed by atoms with van der Waals surface area (Å²) in [5.74, 6) is -0.877. The van der Waals surface area contributed by atoms with E-state index in [0.29, 0.717) is 68.6 Å². The lowest BCUT2D eigenvalue weighted by molar-refractivity contribution is -0.212. The molecule has 4 amide bonds. The third-order valence-electron chi connectivity index (χ3n) is 9.87. The highest BCUT2D eigenvalue weighted by atomic mass is 35.5. The highest BCUT2D eigenvalue weighted by Gasteiger charge is 2.37. The van der Waals surface area contributed by atoms with E-state index in [0.717, 1.165) is 10.1 Å². The fourth-order valence-electron chi connectivity index (χ4n) is 6.53. The maximum Gasteiger partial charge on any atom is 0.444 e. The van der Waals surface area contributed by atoms with E-state index in [4.69, 9.17) is 42.4 Å². The van der Waals surface area contributed by atoms with Crippen LogP contribution in [0.4, 0.5) is 21.0 Å². The maximum atomic E-state index is 14.3. The zero-order valence-electron chi connectivity index (χ0n) is 36.8. The lowest BCUT2D eigenvalue weighted by atomic mass is 10.0. The van der Waals surface area contributed by atoms with E-state index in [1.54, 1.807) is 97.1 Å². The fraction of sp³-hybridized carbons (Fsp3) is 0.200. The number of carbonyl (C=O) groups excluding carboxylic acids is 4. The van der Waals surface area contributed by atoms with E-state index >= 15 is 0 Å². The summed E-state index contributed by atoms with van der Waals surface area (Å²) in [5.41, 5.74) is 1.77. The van der Waals surface area contributed by atoms with Crippen LogP contribution in [0.2, 0.25) is 10.0 Å². The number of hydrogen-bond acceptors (Lipinski definition) is 10. The van der Waals surface area contributed by atoms with Crippen molar-refractivity contribution >= 4 is 58.6 Å². The number of hydroxylamine groups is 4. The molecule has 16 heteroatoms. The third-order valence-corrected chi connectivity index (χ3v) is 10.4. The van der Waals surface area contributed by atoms with Crippen molar-refractivity contribution in [2.24, 2.45) is 0 Å². The van der Waals surface area contributed by atoms with Gasteiger partial charge in [-0.15, -0.1) is 10.1 Å². The minimum atomic E-state index is -1.58. The fourth-order valence-corrected chi connectivity index (χ4v) is 6.79. The summed E-state index contributed by atoms with van der Waals surface area (Å²) in [6.07, 6.45) is 0.502. The number of carbonyl (C=O) groups is 4. The van der Waals surface area contributed by atoms with Crippen LogP contribution in [0.3, 0.4) is 0 Å². The van der Waals surface area contributed by atoms with Crippen LogP contribution in [0.5, 0.6) is 23.0 Å². The summed E-state index contributed by atoms with van der Waals surface area (Å²) in [5, 5.41) is 7.99. The Morgan fingerprint density at radius 2 is 0.773 bits per heavy atom. The number of amides is 4. The van der Waals surface area contributed by atoms with E-state index < -0.39 is 36.1 Å². The molecule has 0 heterocycles. The summed E-state index contributed by atoms with van der Waals surface area (Å²) < 4.78 is 11.8. The Kier molecular flexibility index (Phi) is 17.4. The molecule has 342 valence electrons. The van der Waals surface area contributed by atoms with Gasteiger partial charge in [0.25, 0.3) is 0 Å². The molecular formula is C50H50Cl2N6O8. The molecule has 0 fully saturated rings. The van der Waals surface area contributed by atoms with E-state index in [1.807, 2.05) is 98.7 Å². The Labute approximate surface area is 394 Å². The van der Waals surface area contributed by atoms with Crippen LogP contribution in [0.15, 0.2) is 158 Å². The predicted molar refractivity (Wildman–Crippen MR) is 255 cm³/mol. The van der Waals surface area contributed by atoms with E-state index in [1.165, 1.54) is 0 Å². The van der Waals surface area contributed by atoms with Gasteiger partial charge in [-0.2, -0.15) is 0 Å². The van der Waals surface area contributed by atoms with Crippen molar-refractivity contribution in [2.75, 3.05) is 51.9 Å². The molecule has 6 rings (SSSR count). The SMILES string of the molecule is CN(C)CCC(c1ccc(Cl)cc1)N(OC(=O)C(=O)ON(C(=O)Nc1ccc(Oc2ccccc2)cc1)C(CCN(C)C)c1ccc(Cl)cc1)C(=O)Nc1ccc(Oc2ccccc2)cc1. The van der Waals surface area contributed by atoms with Crippen LogP contribution in [-0.4, -0.2) is 85.2 Å². The van der Waals surface area contributed by atoms with Crippen molar-refractivity contribution in [1.82, 2.24) is 19.9 Å². The van der Waals surface area contributed by atoms with Gasteiger partial charge in [0.05, 0.1) is 12.1 Å². The Hall–Kier alpha value is -7.10. The number of ether oxygens (including phenoxy) is 2. The van der Waals surface area contributed by atoms with Gasteiger partial charge in [-0.05, 0) is 162 Å². The average molecular weight is 934 g/mol. The van der Waals surface area contributed by atoms with Crippen molar-refractivity contribution in [2.45, 2.75) is 24.9 Å². The molecule has 0 saturated heterocycles. The van der Waals surface area contributed by atoms with Crippen molar-refractivity contribution in [3.05, 3.63) is 179 Å². The number of hydrogen-bond donors (Lipinski definition) is 2. The van der Waals surface area contributed by atoms with Gasteiger partial charge in [0.2, 0.25) is 0 Å². The van der Waals surface area contributed by atoms with Crippen LogP contribution >= 0.6 is 23.2 Å². The first-order valence-electron chi connectivity index (χ1n) is 20.9. The molecule has 0 radical (unpaired) electrons. The summed E-state index contributed by atoms with van der Waals surface area (Å²) in [6.45, 7) is 0.874. The first-order valence-corrected chi connectivity index (χ1v) is 21.7. The maximum absolute atomic E-state index is 14.3. The number of benzene rings is 6. The first-order chi connectivity index (χ1) is 31.8. The van der Waals surface area contributed by atoms with Crippen LogP contribution in [0.25, 0.3) is 0 Å². The van der Waals surface area contributed by atoms with Crippen molar-refractivity contribution in [3.63, 3.8) is 0 Å². The summed E-state index contributed by atoms with van der Waals surface area (Å²) in [6, 6.07) is 41.2. The lowest BCUT2D eigenvalue weighted by Crippen LogP contribution is -2.45. The minimum absolute atomic E-state index is 0.251. The van der Waals surface area contributed by atoms with Gasteiger partial charge in [-0.25, -0.2) is 19.2 Å². The molecule has 0 aromatic heterocycles. The highest BCUT2D eigenvalue weighted by Crippen LogP contribution is 2.31. The van der Waals surface area contributed by atoms with E-state index in [9.17, 15) is 19.2 Å². The first kappa shape index (κ1) is 48.4. The summed E-state index contributed by atoms with van der Waals surface area (Å²) in [4.78, 5) is 72.0. The third kappa shape index (κ3) is 14.5. The van der Waals surface area contributed by atoms with Crippen molar-refractivity contribution in [1.29, 1.82) is 0 Å². The molecule has 0 aliphatic carbocycles. The second kappa shape index (κ2) is 23.7. The number of urea groups is 2. The van der Waals surface area contributed by atoms with Crippen molar-refractivity contribution < 1.29 is 38.3 Å². The number of rotatable bonds is 16. The van der Waals surface area contributed by atoms with Gasteiger partial charge < -0.3 is 39.6 Å². The zero-order chi connectivity index (χ0) is 47.0. The molecule has 6 aromatic carbocycles. The molecule has 0 spiro atoms. The summed E-state index contributed by atoms with van der Waals surface area (Å²) >= 11 is 12.5. The molecule has 0 aliphatic heterocycles. The number of para-hydroxylation sites is 2. The van der Waals surface area contributed by atoms with E-state index in [2.05, 4.69) is 10.6 Å². The topological polar surface area (TPSA) is 142 Å². The highest BCUT2D eigenvalue weighted by molar-refractivity contribution is 6.31. The Balaban J connectivity index is 1.28.